The molecule has 0 spiro atoms. The van der Waals surface area contributed by atoms with Crippen molar-refractivity contribution in [3.63, 3.8) is 0 Å². The number of hydrogen-bond acceptors (Lipinski definition) is 5. The average molecular weight is 440 g/mol. The molecule has 8 heteroatoms. The molecular weight excluding hydrogens is 414 g/mol. The van der Waals surface area contributed by atoms with Gasteiger partial charge in [-0.25, -0.2) is 14.5 Å². The molecule has 0 atom stereocenters. The van der Waals surface area contributed by atoms with Crippen LogP contribution in [0, 0.1) is 13.8 Å². The van der Waals surface area contributed by atoms with E-state index >= 15 is 0 Å². The topological polar surface area (TPSA) is 88.0 Å². The Hall–Kier alpha value is -4.20. The van der Waals surface area contributed by atoms with Crippen molar-refractivity contribution >= 4 is 23.2 Å². The van der Waals surface area contributed by atoms with E-state index in [-0.39, 0.29) is 6.03 Å². The van der Waals surface area contributed by atoms with E-state index < -0.39 is 0 Å². The highest BCUT2D eigenvalue weighted by molar-refractivity contribution is 6.00. The molecule has 0 unspecified atom stereocenters. The molecule has 166 valence electrons. The fraction of sp³-hybridized carbons (Fsp3) is 0.200. The fourth-order valence-electron chi connectivity index (χ4n) is 4.19. The first-order valence-electron chi connectivity index (χ1n) is 10.9. The van der Waals surface area contributed by atoms with E-state index in [0.29, 0.717) is 12.4 Å². The van der Waals surface area contributed by atoms with Gasteiger partial charge in [-0.15, -0.1) is 0 Å². The lowest BCUT2D eigenvalue weighted by Crippen LogP contribution is -2.32. The van der Waals surface area contributed by atoms with Crippen LogP contribution in [0.25, 0.3) is 5.82 Å². The predicted octanol–water partition coefficient (Wildman–Crippen LogP) is 4.49. The molecule has 2 N–H and O–H groups in total. The molecule has 3 heterocycles. The van der Waals surface area contributed by atoms with Crippen molar-refractivity contribution in [1.82, 2.24) is 19.7 Å². The fourth-order valence-corrected chi connectivity index (χ4v) is 4.19. The van der Waals surface area contributed by atoms with Gasteiger partial charge in [0.25, 0.3) is 0 Å². The Morgan fingerprint density at radius 2 is 1.79 bits per heavy atom. The minimum Gasteiger partial charge on any atom is -0.351 e. The van der Waals surface area contributed by atoms with Crippen LogP contribution in [0.1, 0.15) is 22.5 Å². The molecule has 0 saturated carbocycles. The van der Waals surface area contributed by atoms with E-state index in [1.165, 1.54) is 0 Å². The first-order valence-corrected chi connectivity index (χ1v) is 10.9. The highest BCUT2D eigenvalue weighted by Crippen LogP contribution is 2.29. The number of nitrogens with one attached hydrogen (secondary N) is 2. The van der Waals surface area contributed by atoms with E-state index in [0.717, 1.165) is 52.7 Å². The molecule has 33 heavy (non-hydrogen) atoms. The summed E-state index contributed by atoms with van der Waals surface area (Å²) < 4.78 is 1.82. The van der Waals surface area contributed by atoms with Gasteiger partial charge in [0.1, 0.15) is 5.82 Å². The Balaban J connectivity index is 1.33. The highest BCUT2D eigenvalue weighted by atomic mass is 16.2. The van der Waals surface area contributed by atoms with Crippen LogP contribution >= 0.6 is 0 Å². The van der Waals surface area contributed by atoms with Crippen molar-refractivity contribution in [3.05, 3.63) is 89.5 Å². The summed E-state index contributed by atoms with van der Waals surface area (Å²) in [6, 6.07) is 17.2. The molecule has 5 rings (SSSR count). The van der Waals surface area contributed by atoms with Crippen LogP contribution in [0.5, 0.6) is 0 Å². The summed E-state index contributed by atoms with van der Waals surface area (Å²) in [5, 5.41) is 10.4. The zero-order chi connectivity index (χ0) is 22.8. The van der Waals surface area contributed by atoms with E-state index in [1.54, 1.807) is 12.4 Å². The summed E-state index contributed by atoms with van der Waals surface area (Å²) in [5.74, 6) is 1.52. The Bertz CT molecular complexity index is 1300. The van der Waals surface area contributed by atoms with Crippen molar-refractivity contribution in [3.8, 4) is 5.82 Å². The molecule has 0 radical (unpaired) electrons. The normalized spacial score (nSPS) is 12.8. The second kappa shape index (κ2) is 8.74. The smallest absolute Gasteiger partial charge is 0.323 e. The monoisotopic (exact) mass is 439 g/mol. The van der Waals surface area contributed by atoms with Gasteiger partial charge in [-0.3, -0.25) is 4.98 Å². The van der Waals surface area contributed by atoms with Gasteiger partial charge in [0, 0.05) is 30.2 Å². The van der Waals surface area contributed by atoms with E-state index in [9.17, 15) is 4.79 Å². The minimum atomic E-state index is -0.250. The zero-order valence-corrected chi connectivity index (χ0v) is 18.6. The number of carbonyl (C=O) groups excluding carboxylic acids is 1. The molecule has 0 saturated heterocycles. The van der Waals surface area contributed by atoms with Gasteiger partial charge in [-0.05, 0) is 55.7 Å². The number of amides is 2. The van der Waals surface area contributed by atoms with Crippen molar-refractivity contribution in [1.29, 1.82) is 0 Å². The summed E-state index contributed by atoms with van der Waals surface area (Å²) in [5.41, 5.74) is 5.88. The third kappa shape index (κ3) is 4.41. The number of anilines is 3. The Kier molecular flexibility index (Phi) is 5.48. The summed E-state index contributed by atoms with van der Waals surface area (Å²) in [6.07, 6.45) is 4.31. The lowest BCUT2D eigenvalue weighted by atomic mass is 9.98. The molecule has 2 aromatic heterocycles. The maximum Gasteiger partial charge on any atom is 0.323 e. The Morgan fingerprint density at radius 1 is 0.970 bits per heavy atom. The van der Waals surface area contributed by atoms with Gasteiger partial charge < -0.3 is 15.5 Å². The van der Waals surface area contributed by atoms with Crippen LogP contribution in [0.3, 0.4) is 0 Å². The van der Waals surface area contributed by atoms with E-state index in [4.69, 9.17) is 4.98 Å². The summed E-state index contributed by atoms with van der Waals surface area (Å²) in [6.45, 7) is 5.45. The second-order valence-corrected chi connectivity index (χ2v) is 8.13. The van der Waals surface area contributed by atoms with Crippen molar-refractivity contribution in [2.24, 2.45) is 0 Å². The second-order valence-electron chi connectivity index (χ2n) is 8.13. The number of para-hydroxylation sites is 1. The molecule has 4 aromatic rings. The third-order valence-corrected chi connectivity index (χ3v) is 5.71. The summed E-state index contributed by atoms with van der Waals surface area (Å²) >= 11 is 0. The Morgan fingerprint density at radius 3 is 2.58 bits per heavy atom. The first-order chi connectivity index (χ1) is 16.1. The lowest BCUT2D eigenvalue weighted by Gasteiger charge is -2.31. The molecule has 2 amide bonds. The first kappa shape index (κ1) is 20.7. The largest absolute Gasteiger partial charge is 0.351 e. The number of rotatable bonds is 4. The Labute approximate surface area is 192 Å². The van der Waals surface area contributed by atoms with Crippen molar-refractivity contribution in [2.75, 3.05) is 22.1 Å². The number of fused-ring (bicyclic) bond motifs is 1. The van der Waals surface area contributed by atoms with Gasteiger partial charge in [0.05, 0.1) is 18.1 Å². The van der Waals surface area contributed by atoms with E-state index in [2.05, 4.69) is 31.7 Å². The number of hydrogen-bond donors (Lipinski definition) is 2. The minimum absolute atomic E-state index is 0.250. The summed E-state index contributed by atoms with van der Waals surface area (Å²) in [4.78, 5) is 23.9. The van der Waals surface area contributed by atoms with Gasteiger partial charge in [-0.2, -0.15) is 5.10 Å². The standard InChI is InChI=1S/C25H25N7O/c1-17-13-18(2)32(30-17)24-15-26-14-23(29-24)31-12-11-21-19(16-31)7-6-10-22(21)28-25(33)27-20-8-4-3-5-9-20/h3-10,13-15H,11-12,16H2,1-2H3,(H2,27,28,33). The maximum absolute atomic E-state index is 12.5. The molecule has 1 aliphatic heterocycles. The van der Waals surface area contributed by atoms with Crippen LogP contribution in [0.15, 0.2) is 67.0 Å². The quantitative estimate of drug-likeness (QED) is 0.489. The molecule has 2 aromatic carbocycles. The van der Waals surface area contributed by atoms with Crippen LogP contribution in [-0.4, -0.2) is 32.3 Å². The number of urea groups is 1. The highest BCUT2D eigenvalue weighted by Gasteiger charge is 2.21. The number of benzene rings is 2. The molecule has 8 nitrogen and oxygen atoms in total. The lowest BCUT2D eigenvalue weighted by molar-refractivity contribution is 0.262. The molecule has 1 aliphatic rings. The van der Waals surface area contributed by atoms with Crippen LogP contribution in [-0.2, 0) is 13.0 Å². The number of nitrogens with zero attached hydrogens (tertiary/aromatic N) is 5. The van der Waals surface area contributed by atoms with Gasteiger partial charge >= 0.3 is 6.03 Å². The van der Waals surface area contributed by atoms with E-state index in [1.807, 2.05) is 67.1 Å². The third-order valence-electron chi connectivity index (χ3n) is 5.71. The molecule has 0 aliphatic carbocycles. The number of carbonyl (C=O) groups is 1. The molecule has 0 fully saturated rings. The summed E-state index contributed by atoms with van der Waals surface area (Å²) in [7, 11) is 0. The number of aromatic nitrogens is 4. The van der Waals surface area contributed by atoms with Gasteiger partial charge in [-0.1, -0.05) is 30.3 Å². The molecular formula is C25H25N7O. The van der Waals surface area contributed by atoms with Crippen molar-refractivity contribution < 1.29 is 4.79 Å². The van der Waals surface area contributed by atoms with Crippen LogP contribution in [0.4, 0.5) is 22.0 Å². The SMILES string of the molecule is Cc1cc(C)n(-c2cncc(N3CCc4c(cccc4NC(=O)Nc4ccccc4)C3)n2)n1. The maximum atomic E-state index is 12.5. The van der Waals surface area contributed by atoms with Gasteiger partial charge in [0.15, 0.2) is 5.82 Å². The number of aryl methyl sites for hydroxylation is 2. The average Bonchev–Trinajstić information content (AvgIpc) is 3.17. The van der Waals surface area contributed by atoms with Crippen LogP contribution in [0.2, 0.25) is 0 Å². The predicted molar refractivity (Wildman–Crippen MR) is 129 cm³/mol. The van der Waals surface area contributed by atoms with Crippen LogP contribution < -0.4 is 15.5 Å². The molecule has 0 bridgehead atoms. The zero-order valence-electron chi connectivity index (χ0n) is 18.6. The van der Waals surface area contributed by atoms with Gasteiger partial charge in [0.2, 0.25) is 0 Å². The van der Waals surface area contributed by atoms with Crippen molar-refractivity contribution in [2.45, 2.75) is 26.8 Å².